The van der Waals surface area contributed by atoms with Crippen LogP contribution in [-0.2, 0) is 47.7 Å². The molecule has 6 aliphatic rings. The maximum Gasteiger partial charge on any atom is 1.00 e. The molecule has 1 unspecified atom stereocenters. The zero-order valence-electron chi connectivity index (χ0n) is 72.0. The summed E-state index contributed by atoms with van der Waals surface area (Å²) in [6.45, 7) is 29.0. The van der Waals surface area contributed by atoms with Crippen molar-refractivity contribution in [1.29, 1.82) is 0 Å². The number of ketones is 1. The van der Waals surface area contributed by atoms with Crippen LogP contribution in [-0.4, -0.2) is 101 Å². The van der Waals surface area contributed by atoms with E-state index in [2.05, 4.69) is 147 Å². The molecule has 12 atom stereocenters. The molecule has 0 spiro atoms. The molecule has 6 N–H and O–H groups in total. The van der Waals surface area contributed by atoms with E-state index in [0.717, 1.165) is 113 Å². The van der Waals surface area contributed by atoms with E-state index >= 15 is 0 Å². The zero-order chi connectivity index (χ0) is 78.9. The fourth-order valence-corrected chi connectivity index (χ4v) is 14.5. The number of hydrogen-bond acceptors (Lipinski definition) is 16. The molecule has 1 heterocycles. The first-order valence-electron chi connectivity index (χ1n) is 41.3. The van der Waals surface area contributed by atoms with E-state index < -0.39 is 11.5 Å². The first-order valence-corrected chi connectivity index (χ1v) is 41.3. The standard InChI is InChI=1S/2C17H25NO2.C17H23NO2.C16H25N.C9H14O3.C8H11N.C4H8O.C4H9O.B.Li.Na.H/c3*1-3-20-17(19)15-11-7-8-12-16(15)18-13(2)14-9-5-4-6-10-14;1-3-14-9-7-8-12-16(14)17-13(2)15-10-5-4-6-11-15;1-2-12-9(11)7-5-3-4-6-8(7)10;1-7(9)8-5-3-2-4-6-8;1-2-4-5-3-1;1-4(2,3)5;;;;/h2*4-6,9-10,13,15-16,18H,3,7-8,11-12H2,1-2H3;4-6,9-10,13,18H,3,7-8,11-12H2,1-2H3;4-6,10-11,13-14,16-17H,3,7-9,12H2,1-2H3;7H,2-6H2,1H3;2-7H,9H2,1H3;1-4H2;1-3H3;;;;/q;;;;;;;-1;;2*+1;-1/t13-,15+,16-;13-,15-,16-;13-;13-,14-,16-;;7-;;;;;;/m0000.0....../s1. The fourth-order valence-electron chi connectivity index (χ4n) is 14.5. The molecule has 111 heavy (non-hydrogen) atoms. The Kier molecular flexibility index (Phi) is 57.0. The molecule has 1 saturated heterocycles. The minimum atomic E-state index is -0.750. The van der Waals surface area contributed by atoms with Crippen LogP contribution in [0.4, 0.5) is 0 Å². The average Bonchev–Trinajstić information content (AvgIpc) is 0.874. The molecule has 5 aromatic rings. The van der Waals surface area contributed by atoms with E-state index in [1.807, 2.05) is 88.4 Å². The van der Waals surface area contributed by atoms with Gasteiger partial charge in [-0.25, -0.2) is 4.79 Å². The number of carbonyl (C=O) groups is 5. The van der Waals surface area contributed by atoms with E-state index in [0.29, 0.717) is 45.3 Å². The van der Waals surface area contributed by atoms with E-state index in [1.54, 1.807) is 27.7 Å². The minimum Gasteiger partial charge on any atom is -1.00 e. The van der Waals surface area contributed by atoms with Gasteiger partial charge in [0, 0.05) is 82.1 Å². The van der Waals surface area contributed by atoms with E-state index in [4.69, 9.17) is 29.4 Å². The molecule has 5 fully saturated rings. The maximum absolute atomic E-state index is 12.1. The van der Waals surface area contributed by atoms with Gasteiger partial charge in [-0.3, -0.25) is 19.2 Å². The number of ether oxygens (including phenoxy) is 5. The van der Waals surface area contributed by atoms with Gasteiger partial charge < -0.3 is 57.2 Å². The Morgan fingerprint density at radius 2 is 0.793 bits per heavy atom. The van der Waals surface area contributed by atoms with Crippen LogP contribution in [0, 0.1) is 23.7 Å². The molecule has 0 bridgehead atoms. The van der Waals surface area contributed by atoms with Crippen molar-refractivity contribution in [2.45, 2.75) is 292 Å². The summed E-state index contributed by atoms with van der Waals surface area (Å²) >= 11 is 0. The van der Waals surface area contributed by atoms with Gasteiger partial charge >= 0.3 is 72.3 Å². The number of esters is 4. The molecule has 3 radical (unpaired) electrons. The number of nitrogens with one attached hydrogen (secondary N) is 4. The molecule has 0 amide bonds. The number of Topliss-reactive ketones (excluding diaryl/α,β-unsaturated/α-hetero) is 1. The molecule has 16 nitrogen and oxygen atoms in total. The number of allylic oxidation sites excluding steroid dienone is 1. The molecule has 5 aliphatic carbocycles. The van der Waals surface area contributed by atoms with E-state index in [-0.39, 0.29) is 136 Å². The van der Waals surface area contributed by atoms with Gasteiger partial charge in [-0.15, -0.1) is 5.60 Å². The zero-order valence-corrected chi connectivity index (χ0v) is 73.0. The quantitative estimate of drug-likeness (QED) is 0.0188. The molecule has 4 saturated carbocycles. The molecule has 19 heteroatoms. The summed E-state index contributed by atoms with van der Waals surface area (Å²) in [5.74, 6) is -0.0647. The Morgan fingerprint density at radius 3 is 1.15 bits per heavy atom. The monoisotopic (exact) mass is 1530 g/mol. The normalized spacial score (nSPS) is 21.0. The molecular formula is C92H141BLiN5NaO11. The van der Waals surface area contributed by atoms with Crippen molar-refractivity contribution >= 4 is 38.1 Å². The first-order chi connectivity index (χ1) is 52.0. The van der Waals surface area contributed by atoms with Crippen LogP contribution in [0.25, 0.3) is 0 Å². The first kappa shape index (κ1) is 104. The second kappa shape index (κ2) is 61.1. The number of benzene rings is 5. The van der Waals surface area contributed by atoms with Crippen LogP contribution in [0.3, 0.4) is 0 Å². The van der Waals surface area contributed by atoms with E-state index in [1.165, 1.54) is 85.6 Å². The van der Waals surface area contributed by atoms with Crippen molar-refractivity contribution in [1.82, 2.24) is 21.3 Å². The van der Waals surface area contributed by atoms with Crippen molar-refractivity contribution in [3.8, 4) is 0 Å². The number of rotatable bonds is 22. The Balaban J connectivity index is 0.00000129. The minimum absolute atomic E-state index is 0. The van der Waals surface area contributed by atoms with Gasteiger partial charge in [-0.1, -0.05) is 231 Å². The second-order valence-electron chi connectivity index (χ2n) is 30.3. The van der Waals surface area contributed by atoms with Crippen molar-refractivity contribution in [3.05, 3.63) is 191 Å². The van der Waals surface area contributed by atoms with Crippen molar-refractivity contribution in [2.75, 3.05) is 39.6 Å². The van der Waals surface area contributed by atoms with Crippen molar-refractivity contribution in [3.63, 3.8) is 0 Å². The SMILES string of the molecule is C1CCOC1.CC(C)(C)[O-].CCOC(=O)C1=C(N[C@@H](C)c2ccccc2)CCCC1.CCOC(=O)C1CCCCC1=O.CCOC(=O)[C@@H]1CCCC[C@@H]1N[C@@H](C)c1ccccc1.CCOC(=O)[C@H]1CCCC[C@@H]1N[C@@H](C)c1ccccc1.CC[C@H]1CCCC[C@@H]1N[C@@H](C)c1ccccc1.C[C@H](N)c1ccccc1.[B].[H-].[Li+].[Na+]. The molecule has 605 valence electrons. The molecule has 5 aromatic carbocycles. The van der Waals surface area contributed by atoms with Gasteiger partial charge in [0.1, 0.15) is 11.7 Å². The van der Waals surface area contributed by atoms with Gasteiger partial charge in [0.05, 0.1) is 43.8 Å². The average molecular weight is 1530 g/mol. The van der Waals surface area contributed by atoms with Gasteiger partial charge in [0.15, 0.2) is 0 Å². The predicted octanol–water partition coefficient (Wildman–Crippen LogP) is 12.6. The summed E-state index contributed by atoms with van der Waals surface area (Å²) in [7, 11) is 0. The topological polar surface area (TPSA) is 229 Å². The summed E-state index contributed by atoms with van der Waals surface area (Å²) in [5.41, 5.74) is 13.1. The number of hydrogen-bond donors (Lipinski definition) is 5. The maximum atomic E-state index is 12.1. The van der Waals surface area contributed by atoms with Gasteiger partial charge in [-0.05, 0) is 186 Å². The van der Waals surface area contributed by atoms with E-state index in [9.17, 15) is 29.1 Å². The summed E-state index contributed by atoms with van der Waals surface area (Å²) in [4.78, 5) is 58.5. The number of carbonyl (C=O) groups excluding carboxylic acids is 5. The van der Waals surface area contributed by atoms with Crippen LogP contribution in [0.5, 0.6) is 0 Å². The molecule has 1 aliphatic heterocycles. The van der Waals surface area contributed by atoms with Crippen LogP contribution in [0.2, 0.25) is 0 Å². The summed E-state index contributed by atoms with van der Waals surface area (Å²) in [6, 6.07) is 54.5. The van der Waals surface area contributed by atoms with Crippen molar-refractivity contribution < 1.29 is 103 Å². The fraction of sp³-hybridized carbons (Fsp3) is 0.598. The van der Waals surface area contributed by atoms with Gasteiger partial charge in [-0.2, -0.15) is 0 Å². The number of nitrogens with two attached hydrogens (primary N) is 1. The summed E-state index contributed by atoms with van der Waals surface area (Å²) in [5, 5.41) is 24.7. The third kappa shape index (κ3) is 42.7. The van der Waals surface area contributed by atoms with Crippen LogP contribution < -0.4 is 80.5 Å². The van der Waals surface area contributed by atoms with Crippen molar-refractivity contribution in [2.24, 2.45) is 29.4 Å². The Hall–Kier alpha value is -5.39. The Labute approximate surface area is 708 Å². The summed E-state index contributed by atoms with van der Waals surface area (Å²) in [6.07, 6.45) is 25.2. The third-order valence-corrected chi connectivity index (χ3v) is 20.4. The van der Waals surface area contributed by atoms with Crippen LogP contribution in [0.1, 0.15) is 297 Å². The Bertz CT molecular complexity index is 3160. The summed E-state index contributed by atoms with van der Waals surface area (Å²) < 4.78 is 25.3. The van der Waals surface area contributed by atoms with Gasteiger partial charge in [0.2, 0.25) is 0 Å². The smallest absolute Gasteiger partial charge is 1.00 e. The molecule has 11 rings (SSSR count). The largest absolute Gasteiger partial charge is 1.00 e. The second-order valence-corrected chi connectivity index (χ2v) is 30.3. The molecular weight excluding hydrogens is 1390 g/mol. The van der Waals surface area contributed by atoms with Crippen LogP contribution in [0.15, 0.2) is 163 Å². The predicted molar refractivity (Wildman–Crippen MR) is 444 cm³/mol. The van der Waals surface area contributed by atoms with Gasteiger partial charge in [0.25, 0.3) is 0 Å². The third-order valence-electron chi connectivity index (χ3n) is 20.4. The Morgan fingerprint density at radius 1 is 0.459 bits per heavy atom. The molecule has 0 aromatic heterocycles. The van der Waals surface area contributed by atoms with Crippen LogP contribution >= 0.6 is 0 Å².